The minimum Gasteiger partial charge on any atom is -0.505 e. The minimum absolute atomic E-state index is 0.00478. The normalized spacial score (nSPS) is 27.1. The topological polar surface area (TPSA) is 66.8 Å². The number of allylic oxidation sites excluding steroid dienone is 2. The van der Waals surface area contributed by atoms with Gasteiger partial charge in [-0.15, -0.1) is 0 Å². The molecular formula is C28H36FNO4. The summed E-state index contributed by atoms with van der Waals surface area (Å²) in [6, 6.07) is 4.43. The molecule has 4 atom stereocenters. The van der Waals surface area contributed by atoms with Crippen molar-refractivity contribution in [2.24, 2.45) is 23.7 Å². The first-order valence-corrected chi connectivity index (χ1v) is 12.6. The van der Waals surface area contributed by atoms with Crippen LogP contribution in [0.3, 0.4) is 0 Å². The summed E-state index contributed by atoms with van der Waals surface area (Å²) in [5.41, 5.74) is 4.45. The van der Waals surface area contributed by atoms with E-state index in [1.807, 2.05) is 13.0 Å². The number of phenolic OH excluding ortho intramolecular Hbond substituents is 1. The standard InChI is InChI=1S/C28H36FNO4/c1-5-11-30-27(32)20-14-19(16(3)4)25-21(26(20)28(30)33)15-34-24(25)10-8-17(6-2)12-18-7-9-23(31)22(29)13-18/h7,9,12-13,16,20-21,24,26,31H,5-6,8,10-11,14-15H2,1-4H3/b17-12+/t20-,21+,24-,26-/m1/s1. The first-order chi connectivity index (χ1) is 16.3. The van der Waals surface area contributed by atoms with Gasteiger partial charge in [-0.25, -0.2) is 4.39 Å². The van der Waals surface area contributed by atoms with Gasteiger partial charge in [-0.1, -0.05) is 51.0 Å². The van der Waals surface area contributed by atoms with E-state index in [2.05, 4.69) is 20.8 Å². The first-order valence-electron chi connectivity index (χ1n) is 12.6. The van der Waals surface area contributed by atoms with Gasteiger partial charge in [0.25, 0.3) is 0 Å². The summed E-state index contributed by atoms with van der Waals surface area (Å²) >= 11 is 0. The van der Waals surface area contributed by atoms with Crippen molar-refractivity contribution in [1.82, 2.24) is 4.90 Å². The Bertz CT molecular complexity index is 1030. The summed E-state index contributed by atoms with van der Waals surface area (Å²) in [7, 11) is 0. The SMILES string of the molecule is CCCN1C(=O)[C@@H]2[C@@H](CC(C(C)C)=C3[C@@H](CC/C(=C/c4ccc(O)c(F)c4)CC)OC[C@@H]32)C1=O. The van der Waals surface area contributed by atoms with Gasteiger partial charge in [0, 0.05) is 12.5 Å². The zero-order valence-corrected chi connectivity index (χ0v) is 20.6. The molecule has 0 bridgehead atoms. The van der Waals surface area contributed by atoms with Gasteiger partial charge in [0.05, 0.1) is 24.5 Å². The van der Waals surface area contributed by atoms with E-state index < -0.39 is 5.82 Å². The van der Waals surface area contributed by atoms with Gasteiger partial charge in [-0.3, -0.25) is 14.5 Å². The quantitative estimate of drug-likeness (QED) is 0.404. The molecule has 34 heavy (non-hydrogen) atoms. The molecular weight excluding hydrogens is 433 g/mol. The number of aromatic hydroxyl groups is 1. The number of amides is 2. The highest BCUT2D eigenvalue weighted by molar-refractivity contribution is 6.05. The third kappa shape index (κ3) is 4.45. The largest absolute Gasteiger partial charge is 0.505 e. The third-order valence-corrected chi connectivity index (χ3v) is 7.70. The van der Waals surface area contributed by atoms with Gasteiger partial charge >= 0.3 is 0 Å². The lowest BCUT2D eigenvalue weighted by atomic mass is 9.67. The van der Waals surface area contributed by atoms with Crippen molar-refractivity contribution in [3.63, 3.8) is 0 Å². The van der Waals surface area contributed by atoms with Gasteiger partial charge in [0.15, 0.2) is 11.6 Å². The molecule has 2 amide bonds. The average Bonchev–Trinajstić information content (AvgIpc) is 3.33. The van der Waals surface area contributed by atoms with Crippen LogP contribution in [-0.2, 0) is 14.3 Å². The molecule has 2 heterocycles. The number of carbonyl (C=O) groups is 2. The predicted molar refractivity (Wildman–Crippen MR) is 129 cm³/mol. The number of likely N-dealkylation sites (tertiary alicyclic amines) is 1. The summed E-state index contributed by atoms with van der Waals surface area (Å²) in [5, 5.41) is 9.44. The number of imide groups is 1. The number of rotatable bonds is 8. The van der Waals surface area contributed by atoms with Crippen LogP contribution in [0.15, 0.2) is 34.9 Å². The van der Waals surface area contributed by atoms with Crippen molar-refractivity contribution in [1.29, 1.82) is 0 Å². The number of hydrogen-bond acceptors (Lipinski definition) is 4. The van der Waals surface area contributed by atoms with Crippen LogP contribution in [-0.4, -0.2) is 41.1 Å². The predicted octanol–water partition coefficient (Wildman–Crippen LogP) is 5.49. The molecule has 0 spiro atoms. The Kier molecular flexibility index (Phi) is 7.27. The van der Waals surface area contributed by atoms with E-state index in [0.717, 1.165) is 31.2 Å². The molecule has 1 aliphatic carbocycles. The van der Waals surface area contributed by atoms with E-state index >= 15 is 0 Å². The number of nitrogens with zero attached hydrogens (tertiary/aromatic N) is 1. The molecule has 3 aliphatic rings. The van der Waals surface area contributed by atoms with Crippen molar-refractivity contribution in [3.8, 4) is 5.75 Å². The summed E-state index contributed by atoms with van der Waals surface area (Å²) < 4.78 is 20.0. The van der Waals surface area contributed by atoms with Crippen LogP contribution in [0.1, 0.15) is 65.4 Å². The highest BCUT2D eigenvalue weighted by Gasteiger charge is 2.56. The molecule has 6 heteroatoms. The number of benzene rings is 1. The molecule has 5 nitrogen and oxygen atoms in total. The van der Waals surface area contributed by atoms with Crippen molar-refractivity contribution in [2.75, 3.05) is 13.2 Å². The van der Waals surface area contributed by atoms with Crippen LogP contribution < -0.4 is 0 Å². The highest BCUT2D eigenvalue weighted by Crippen LogP contribution is 2.51. The van der Waals surface area contributed by atoms with Gasteiger partial charge in [-0.2, -0.15) is 0 Å². The molecule has 1 N–H and O–H groups in total. The molecule has 184 valence electrons. The van der Waals surface area contributed by atoms with Gasteiger partial charge < -0.3 is 9.84 Å². The lowest BCUT2D eigenvalue weighted by Crippen LogP contribution is -2.35. The Hall–Kier alpha value is -2.47. The zero-order valence-electron chi connectivity index (χ0n) is 20.6. The summed E-state index contributed by atoms with van der Waals surface area (Å²) in [6.07, 6.45) is 5.77. The van der Waals surface area contributed by atoms with E-state index in [1.54, 1.807) is 6.07 Å². The van der Waals surface area contributed by atoms with Gasteiger partial charge in [0.2, 0.25) is 11.8 Å². The van der Waals surface area contributed by atoms with E-state index in [4.69, 9.17) is 4.74 Å². The van der Waals surface area contributed by atoms with Crippen LogP contribution in [0, 0.1) is 29.5 Å². The lowest BCUT2D eigenvalue weighted by Gasteiger charge is -2.33. The molecule has 0 saturated carbocycles. The van der Waals surface area contributed by atoms with E-state index in [-0.39, 0.29) is 41.4 Å². The number of halogens is 1. The molecule has 0 radical (unpaired) electrons. The van der Waals surface area contributed by atoms with Crippen LogP contribution in [0.25, 0.3) is 6.08 Å². The number of carbonyl (C=O) groups excluding carboxylic acids is 2. The van der Waals surface area contributed by atoms with Crippen LogP contribution >= 0.6 is 0 Å². The van der Waals surface area contributed by atoms with E-state index in [0.29, 0.717) is 25.5 Å². The fourth-order valence-corrected chi connectivity index (χ4v) is 5.98. The Morgan fingerprint density at radius 2 is 2.00 bits per heavy atom. The summed E-state index contributed by atoms with van der Waals surface area (Å²) in [6.45, 7) is 9.39. The van der Waals surface area contributed by atoms with Crippen molar-refractivity contribution in [3.05, 3.63) is 46.3 Å². The maximum absolute atomic E-state index is 13.8. The monoisotopic (exact) mass is 469 g/mol. The minimum atomic E-state index is -0.623. The Balaban J connectivity index is 1.55. The second-order valence-corrected chi connectivity index (χ2v) is 10.1. The fraction of sp³-hybridized carbons (Fsp3) is 0.571. The maximum Gasteiger partial charge on any atom is 0.233 e. The molecule has 2 saturated heterocycles. The molecule has 2 aliphatic heterocycles. The van der Waals surface area contributed by atoms with Crippen molar-refractivity contribution < 1.29 is 23.8 Å². The molecule has 0 aromatic heterocycles. The number of hydrogen-bond donors (Lipinski definition) is 1. The molecule has 2 fully saturated rings. The second kappa shape index (κ2) is 10.0. The van der Waals surface area contributed by atoms with E-state index in [1.165, 1.54) is 33.8 Å². The number of fused-ring (bicyclic) bond motifs is 3. The average molecular weight is 470 g/mol. The van der Waals surface area contributed by atoms with Crippen molar-refractivity contribution >= 4 is 17.9 Å². The highest BCUT2D eigenvalue weighted by atomic mass is 19.1. The van der Waals surface area contributed by atoms with Gasteiger partial charge in [-0.05, 0) is 61.3 Å². The van der Waals surface area contributed by atoms with Crippen molar-refractivity contribution in [2.45, 2.75) is 65.9 Å². The van der Waals surface area contributed by atoms with E-state index in [9.17, 15) is 19.1 Å². The lowest BCUT2D eigenvalue weighted by molar-refractivity contribution is -0.140. The molecule has 0 unspecified atom stereocenters. The Morgan fingerprint density at radius 3 is 2.65 bits per heavy atom. The first kappa shape index (κ1) is 24.6. The third-order valence-electron chi connectivity index (χ3n) is 7.70. The molecule has 1 aromatic rings. The zero-order chi connectivity index (χ0) is 24.6. The van der Waals surface area contributed by atoms with Crippen LogP contribution in [0.4, 0.5) is 4.39 Å². The number of phenols is 1. The number of ether oxygens (including phenoxy) is 1. The smallest absolute Gasteiger partial charge is 0.233 e. The van der Waals surface area contributed by atoms with Crippen LogP contribution in [0.5, 0.6) is 5.75 Å². The van der Waals surface area contributed by atoms with Crippen LogP contribution in [0.2, 0.25) is 0 Å². The second-order valence-electron chi connectivity index (χ2n) is 10.1. The van der Waals surface area contributed by atoms with Gasteiger partial charge in [0.1, 0.15) is 0 Å². The maximum atomic E-state index is 13.8. The fourth-order valence-electron chi connectivity index (χ4n) is 5.98. The summed E-state index contributed by atoms with van der Waals surface area (Å²) in [4.78, 5) is 27.7. The summed E-state index contributed by atoms with van der Waals surface area (Å²) in [5.74, 6) is -1.24. The molecule has 4 rings (SSSR count). The Labute approximate surface area is 201 Å². The molecule has 1 aromatic carbocycles. The Morgan fingerprint density at radius 1 is 1.24 bits per heavy atom.